The molecule has 7 heteroatoms. The molecule has 1 fully saturated rings. The number of ether oxygens (including phenoxy) is 1. The monoisotopic (exact) mass is 431 g/mol. The van der Waals surface area contributed by atoms with E-state index in [4.69, 9.17) is 16.3 Å². The Hall–Kier alpha value is -1.76. The molecule has 0 unspecified atom stereocenters. The van der Waals surface area contributed by atoms with E-state index in [0.717, 1.165) is 56.2 Å². The number of pyridine rings is 1. The summed E-state index contributed by atoms with van der Waals surface area (Å²) < 4.78 is 5.17. The fraction of sp³-hybridized carbons (Fsp3) is 0.455. The number of nitrogens with zero attached hydrogens (tertiary/aromatic N) is 3. The van der Waals surface area contributed by atoms with Crippen molar-refractivity contribution in [3.05, 3.63) is 41.6 Å². The van der Waals surface area contributed by atoms with Gasteiger partial charge >= 0.3 is 5.97 Å². The summed E-state index contributed by atoms with van der Waals surface area (Å²) in [6, 6.07) is 10.5. The summed E-state index contributed by atoms with van der Waals surface area (Å²) in [6.45, 7) is 6.17. The number of anilines is 2. The molecule has 154 valence electrons. The van der Waals surface area contributed by atoms with Crippen LogP contribution in [0.15, 0.2) is 46.3 Å². The van der Waals surface area contributed by atoms with Crippen LogP contribution in [0.25, 0.3) is 0 Å². The van der Waals surface area contributed by atoms with E-state index in [1.165, 1.54) is 10.6 Å². The molecule has 0 N–H and O–H groups in total. The molecule has 0 radical (unpaired) electrons. The average molecular weight is 432 g/mol. The molecule has 0 saturated carbocycles. The largest absolute Gasteiger partial charge is 0.466 e. The maximum Gasteiger partial charge on any atom is 0.309 e. The lowest BCUT2D eigenvalue weighted by Gasteiger charge is -2.34. The molecule has 4 rings (SSSR count). The number of halogens is 1. The number of likely N-dealkylation sites (tertiary alicyclic amines) is 1. The molecule has 0 spiro atoms. The van der Waals surface area contributed by atoms with Crippen molar-refractivity contribution >= 4 is 40.8 Å². The first-order valence-electron chi connectivity index (χ1n) is 10.2. The number of hydrogen-bond acceptors (Lipinski definition) is 6. The van der Waals surface area contributed by atoms with Crippen molar-refractivity contribution in [2.24, 2.45) is 5.92 Å². The molecule has 1 aromatic carbocycles. The summed E-state index contributed by atoms with van der Waals surface area (Å²) in [5.41, 5.74) is 1.21. The van der Waals surface area contributed by atoms with Crippen LogP contribution < -0.4 is 4.90 Å². The molecule has 0 aliphatic carbocycles. The van der Waals surface area contributed by atoms with Gasteiger partial charge in [0.2, 0.25) is 0 Å². The fourth-order valence-electron chi connectivity index (χ4n) is 4.02. The number of rotatable bonds is 6. The third-order valence-electron chi connectivity index (χ3n) is 5.49. The highest BCUT2D eigenvalue weighted by Gasteiger charge is 2.27. The smallest absolute Gasteiger partial charge is 0.309 e. The number of aromatic nitrogens is 1. The number of hydrogen-bond donors (Lipinski definition) is 0. The maximum atomic E-state index is 11.9. The Balaban J connectivity index is 1.37. The minimum atomic E-state index is -0.0316. The van der Waals surface area contributed by atoms with E-state index in [-0.39, 0.29) is 11.9 Å². The molecule has 1 saturated heterocycles. The summed E-state index contributed by atoms with van der Waals surface area (Å²) in [5.74, 6) is 1.02. The lowest BCUT2D eigenvalue weighted by atomic mass is 9.97. The van der Waals surface area contributed by atoms with Crippen molar-refractivity contribution in [3.63, 3.8) is 0 Å². The van der Waals surface area contributed by atoms with Gasteiger partial charge in [0.15, 0.2) is 0 Å². The van der Waals surface area contributed by atoms with Gasteiger partial charge in [0.1, 0.15) is 5.82 Å². The highest BCUT2D eigenvalue weighted by atomic mass is 35.5. The zero-order chi connectivity index (χ0) is 20.2. The van der Waals surface area contributed by atoms with Gasteiger partial charge in [-0.1, -0.05) is 35.5 Å². The molecule has 2 aliphatic rings. The van der Waals surface area contributed by atoms with Gasteiger partial charge in [-0.25, -0.2) is 4.98 Å². The van der Waals surface area contributed by atoms with Crippen LogP contribution in [0.3, 0.4) is 0 Å². The first-order valence-corrected chi connectivity index (χ1v) is 11.4. The standard InChI is InChI=1S/C22H26ClN3O2S/c1-2-28-22(27)16-8-12-25(13-9-16)10-5-11-26-18-6-3-4-7-19(18)29-20-14-17(23)15-24-21(20)26/h3-4,6-7,14-16H,2,5,8-13H2,1H3. The molecule has 1 aromatic heterocycles. The van der Waals surface area contributed by atoms with Gasteiger partial charge in [-0.3, -0.25) is 4.79 Å². The normalized spacial score (nSPS) is 17.0. The van der Waals surface area contributed by atoms with Crippen molar-refractivity contribution < 1.29 is 9.53 Å². The predicted octanol–water partition coefficient (Wildman–Crippen LogP) is 5.00. The van der Waals surface area contributed by atoms with Crippen LogP contribution in [0.5, 0.6) is 0 Å². The molecule has 5 nitrogen and oxygen atoms in total. The van der Waals surface area contributed by atoms with Crippen molar-refractivity contribution in [1.29, 1.82) is 0 Å². The Morgan fingerprint density at radius 2 is 2.03 bits per heavy atom. The number of benzene rings is 1. The molecular weight excluding hydrogens is 406 g/mol. The fourth-order valence-corrected chi connectivity index (χ4v) is 5.35. The van der Waals surface area contributed by atoms with Crippen LogP contribution in [-0.2, 0) is 9.53 Å². The molecule has 29 heavy (non-hydrogen) atoms. The number of carbonyl (C=O) groups excluding carboxylic acids is 1. The van der Waals surface area contributed by atoms with Gasteiger partial charge in [0.05, 0.1) is 28.1 Å². The predicted molar refractivity (Wildman–Crippen MR) is 117 cm³/mol. The summed E-state index contributed by atoms with van der Waals surface area (Å²) in [6.07, 6.45) is 4.55. The van der Waals surface area contributed by atoms with E-state index < -0.39 is 0 Å². The molecule has 2 aliphatic heterocycles. The van der Waals surface area contributed by atoms with Gasteiger partial charge in [-0.15, -0.1) is 0 Å². The van der Waals surface area contributed by atoms with E-state index in [1.807, 2.05) is 13.0 Å². The van der Waals surface area contributed by atoms with Crippen molar-refractivity contribution in [2.45, 2.75) is 36.0 Å². The van der Waals surface area contributed by atoms with Gasteiger partial charge in [-0.2, -0.15) is 0 Å². The third kappa shape index (κ3) is 4.71. The Bertz CT molecular complexity index is 871. The molecular formula is C22H26ClN3O2S. The maximum absolute atomic E-state index is 11.9. The second-order valence-corrected chi connectivity index (χ2v) is 8.94. The first-order chi connectivity index (χ1) is 14.2. The minimum Gasteiger partial charge on any atom is -0.466 e. The van der Waals surface area contributed by atoms with Crippen molar-refractivity contribution in [2.75, 3.05) is 37.7 Å². The Morgan fingerprint density at radius 1 is 1.24 bits per heavy atom. The van der Waals surface area contributed by atoms with Crippen LogP contribution in [0.2, 0.25) is 5.02 Å². The molecule has 0 bridgehead atoms. The first kappa shape index (κ1) is 20.5. The van der Waals surface area contributed by atoms with Crippen LogP contribution >= 0.6 is 23.4 Å². The topological polar surface area (TPSA) is 45.7 Å². The van der Waals surface area contributed by atoms with E-state index in [1.54, 1.807) is 18.0 Å². The molecule has 3 heterocycles. The van der Waals surface area contributed by atoms with Crippen LogP contribution in [-0.4, -0.2) is 48.6 Å². The summed E-state index contributed by atoms with van der Waals surface area (Å²) >= 11 is 7.90. The Morgan fingerprint density at radius 3 is 2.83 bits per heavy atom. The average Bonchev–Trinajstić information content (AvgIpc) is 2.73. The highest BCUT2D eigenvalue weighted by Crippen LogP contribution is 2.47. The Kier molecular flexibility index (Phi) is 6.63. The molecule has 2 aromatic rings. The van der Waals surface area contributed by atoms with Crippen molar-refractivity contribution in [3.8, 4) is 0 Å². The second-order valence-electron chi connectivity index (χ2n) is 7.42. The summed E-state index contributed by atoms with van der Waals surface area (Å²) in [5, 5.41) is 0.667. The number of piperidine rings is 1. The lowest BCUT2D eigenvalue weighted by molar-refractivity contribution is -0.149. The summed E-state index contributed by atoms with van der Waals surface area (Å²) in [7, 11) is 0. The highest BCUT2D eigenvalue weighted by molar-refractivity contribution is 7.99. The minimum absolute atomic E-state index is 0.0316. The molecule has 0 amide bonds. The van der Waals surface area contributed by atoms with Gasteiger partial charge in [0.25, 0.3) is 0 Å². The van der Waals surface area contributed by atoms with E-state index in [0.29, 0.717) is 11.6 Å². The second kappa shape index (κ2) is 9.37. The zero-order valence-electron chi connectivity index (χ0n) is 16.6. The van der Waals surface area contributed by atoms with Crippen molar-refractivity contribution in [1.82, 2.24) is 9.88 Å². The van der Waals surface area contributed by atoms with Crippen LogP contribution in [0.1, 0.15) is 26.2 Å². The van der Waals surface area contributed by atoms with Gasteiger partial charge < -0.3 is 14.5 Å². The van der Waals surface area contributed by atoms with Gasteiger partial charge in [0, 0.05) is 17.6 Å². The number of fused-ring (bicyclic) bond motifs is 2. The lowest BCUT2D eigenvalue weighted by Crippen LogP contribution is -2.38. The summed E-state index contributed by atoms with van der Waals surface area (Å²) in [4.78, 5) is 23.6. The zero-order valence-corrected chi connectivity index (χ0v) is 18.2. The van der Waals surface area contributed by atoms with Gasteiger partial charge in [-0.05, 0) is 64.0 Å². The van der Waals surface area contributed by atoms with E-state index in [9.17, 15) is 4.79 Å². The third-order valence-corrected chi connectivity index (χ3v) is 6.79. The number of carbonyl (C=O) groups is 1. The molecule has 0 atom stereocenters. The van der Waals surface area contributed by atoms with E-state index in [2.05, 4.69) is 39.0 Å². The quantitative estimate of drug-likeness (QED) is 0.599. The van der Waals surface area contributed by atoms with Crippen LogP contribution in [0, 0.1) is 5.92 Å². The number of esters is 1. The Labute approximate surface area is 181 Å². The number of para-hydroxylation sites is 1. The van der Waals surface area contributed by atoms with E-state index >= 15 is 0 Å². The SMILES string of the molecule is CCOC(=O)C1CCN(CCCN2c3ccccc3Sc3cc(Cl)cnc32)CC1. The van der Waals surface area contributed by atoms with Crippen LogP contribution in [0.4, 0.5) is 11.5 Å².